The van der Waals surface area contributed by atoms with Gasteiger partial charge in [0.2, 0.25) is 5.91 Å². The minimum atomic E-state index is 0.00995. The lowest BCUT2D eigenvalue weighted by molar-refractivity contribution is -0.115. The van der Waals surface area contributed by atoms with Crippen molar-refractivity contribution < 1.29 is 4.79 Å². The molecule has 1 aromatic carbocycles. The monoisotopic (exact) mass is 310 g/mol. The maximum Gasteiger partial charge on any atom is 0.238 e. The summed E-state index contributed by atoms with van der Waals surface area (Å²) in [4.78, 5) is 11.7. The zero-order valence-electron chi connectivity index (χ0n) is 10.6. The summed E-state index contributed by atoms with van der Waals surface area (Å²) in [5.74, 6) is 0.899. The summed E-state index contributed by atoms with van der Waals surface area (Å²) >= 11 is 3.38. The number of carbonyl (C=O) groups excluding carboxylic acids is 1. The Morgan fingerprint density at radius 2 is 2.28 bits per heavy atom. The van der Waals surface area contributed by atoms with E-state index in [9.17, 15) is 4.79 Å². The standard InChI is InChI=1S/C14H19BrN2O/c1-10(7-11-5-6-11)16-9-14(18)17-13-4-2-3-12(15)8-13/h2-4,8,10-11,16H,5-7,9H2,1H3,(H,17,18). The van der Waals surface area contributed by atoms with Gasteiger partial charge in [0, 0.05) is 16.2 Å². The molecule has 0 radical (unpaired) electrons. The zero-order chi connectivity index (χ0) is 13.0. The number of rotatable bonds is 6. The summed E-state index contributed by atoms with van der Waals surface area (Å²) in [7, 11) is 0. The van der Waals surface area contributed by atoms with E-state index in [0.717, 1.165) is 16.1 Å². The molecule has 0 aromatic heterocycles. The van der Waals surface area contributed by atoms with Crippen LogP contribution in [-0.2, 0) is 4.79 Å². The summed E-state index contributed by atoms with van der Waals surface area (Å²) < 4.78 is 0.968. The van der Waals surface area contributed by atoms with E-state index in [1.165, 1.54) is 19.3 Å². The van der Waals surface area contributed by atoms with Crippen LogP contribution in [0.3, 0.4) is 0 Å². The Balaban J connectivity index is 1.71. The van der Waals surface area contributed by atoms with Crippen molar-refractivity contribution in [2.45, 2.75) is 32.2 Å². The van der Waals surface area contributed by atoms with Crippen LogP contribution >= 0.6 is 15.9 Å². The third-order valence-corrected chi connectivity index (χ3v) is 3.60. The SMILES string of the molecule is CC(CC1CC1)NCC(=O)Nc1cccc(Br)c1. The molecule has 0 aliphatic heterocycles. The molecule has 98 valence electrons. The first kappa shape index (κ1) is 13.6. The van der Waals surface area contributed by atoms with Gasteiger partial charge < -0.3 is 10.6 Å². The Bertz CT molecular complexity index is 418. The summed E-state index contributed by atoms with van der Waals surface area (Å²) in [6.45, 7) is 2.52. The van der Waals surface area contributed by atoms with Crippen molar-refractivity contribution in [1.29, 1.82) is 0 Å². The molecule has 0 heterocycles. The van der Waals surface area contributed by atoms with Gasteiger partial charge in [0.1, 0.15) is 0 Å². The quantitative estimate of drug-likeness (QED) is 0.847. The van der Waals surface area contributed by atoms with Crippen LogP contribution in [0.15, 0.2) is 28.7 Å². The highest BCUT2D eigenvalue weighted by Crippen LogP contribution is 2.33. The molecule has 0 bridgehead atoms. The minimum absolute atomic E-state index is 0.00995. The van der Waals surface area contributed by atoms with Gasteiger partial charge in [-0.2, -0.15) is 0 Å². The number of amides is 1. The first-order valence-corrected chi connectivity index (χ1v) is 7.21. The summed E-state index contributed by atoms with van der Waals surface area (Å²) in [5.41, 5.74) is 0.825. The largest absolute Gasteiger partial charge is 0.325 e. The van der Waals surface area contributed by atoms with Crippen molar-refractivity contribution >= 4 is 27.5 Å². The molecule has 18 heavy (non-hydrogen) atoms. The molecule has 0 saturated heterocycles. The van der Waals surface area contributed by atoms with Crippen molar-refractivity contribution in [1.82, 2.24) is 5.32 Å². The average Bonchev–Trinajstić information content (AvgIpc) is 3.10. The lowest BCUT2D eigenvalue weighted by atomic mass is 10.1. The maximum atomic E-state index is 11.7. The third kappa shape index (κ3) is 4.78. The fraction of sp³-hybridized carbons (Fsp3) is 0.500. The highest BCUT2D eigenvalue weighted by atomic mass is 79.9. The molecular weight excluding hydrogens is 292 g/mol. The summed E-state index contributed by atoms with van der Waals surface area (Å²) in [5, 5.41) is 6.14. The zero-order valence-corrected chi connectivity index (χ0v) is 12.2. The fourth-order valence-corrected chi connectivity index (χ4v) is 2.37. The minimum Gasteiger partial charge on any atom is -0.325 e. The summed E-state index contributed by atoms with van der Waals surface area (Å²) in [6, 6.07) is 8.04. The predicted octanol–water partition coefficient (Wildman–Crippen LogP) is 3.17. The second kappa shape index (κ2) is 6.34. The molecule has 0 spiro atoms. The normalized spacial score (nSPS) is 16.3. The van der Waals surface area contributed by atoms with Crippen molar-refractivity contribution in [3.8, 4) is 0 Å². The van der Waals surface area contributed by atoms with Gasteiger partial charge in [-0.05, 0) is 37.5 Å². The van der Waals surface area contributed by atoms with Gasteiger partial charge >= 0.3 is 0 Å². The second-order valence-electron chi connectivity index (χ2n) is 5.02. The Morgan fingerprint density at radius 1 is 1.50 bits per heavy atom. The predicted molar refractivity (Wildman–Crippen MR) is 77.6 cm³/mol. The highest BCUT2D eigenvalue weighted by Gasteiger charge is 2.23. The van der Waals surface area contributed by atoms with Gasteiger partial charge in [-0.3, -0.25) is 4.79 Å². The molecule has 1 aliphatic carbocycles. The van der Waals surface area contributed by atoms with Gasteiger partial charge in [0.05, 0.1) is 6.54 Å². The molecule has 4 heteroatoms. The van der Waals surface area contributed by atoms with Crippen LogP contribution in [0.5, 0.6) is 0 Å². The molecule has 1 fully saturated rings. The van der Waals surface area contributed by atoms with E-state index < -0.39 is 0 Å². The lowest BCUT2D eigenvalue weighted by Crippen LogP contribution is -2.34. The van der Waals surface area contributed by atoms with Crippen LogP contribution in [0.25, 0.3) is 0 Å². The third-order valence-electron chi connectivity index (χ3n) is 3.10. The van der Waals surface area contributed by atoms with Gasteiger partial charge in [0.15, 0.2) is 0 Å². The van der Waals surface area contributed by atoms with E-state index in [4.69, 9.17) is 0 Å². The van der Waals surface area contributed by atoms with E-state index in [1.807, 2.05) is 24.3 Å². The first-order chi connectivity index (χ1) is 8.63. The number of halogens is 1. The Kier molecular flexibility index (Phi) is 4.78. The number of anilines is 1. The van der Waals surface area contributed by atoms with Gasteiger partial charge in [-0.1, -0.05) is 34.8 Å². The molecular formula is C14H19BrN2O. The number of carbonyl (C=O) groups is 1. The van der Waals surface area contributed by atoms with Crippen LogP contribution in [-0.4, -0.2) is 18.5 Å². The molecule has 2 rings (SSSR count). The smallest absolute Gasteiger partial charge is 0.238 e. The summed E-state index contributed by atoms with van der Waals surface area (Å²) in [6.07, 6.45) is 3.90. The van der Waals surface area contributed by atoms with Gasteiger partial charge in [0.25, 0.3) is 0 Å². The second-order valence-corrected chi connectivity index (χ2v) is 5.94. The molecule has 1 aromatic rings. The molecule has 1 unspecified atom stereocenters. The van der Waals surface area contributed by atoms with Crippen LogP contribution in [0, 0.1) is 5.92 Å². The van der Waals surface area contributed by atoms with Crippen LogP contribution < -0.4 is 10.6 Å². The van der Waals surface area contributed by atoms with E-state index >= 15 is 0 Å². The van der Waals surface area contributed by atoms with Crippen molar-refractivity contribution in [3.05, 3.63) is 28.7 Å². The highest BCUT2D eigenvalue weighted by molar-refractivity contribution is 9.10. The number of benzene rings is 1. The Hall–Kier alpha value is -0.870. The Morgan fingerprint density at radius 3 is 2.94 bits per heavy atom. The first-order valence-electron chi connectivity index (χ1n) is 6.42. The van der Waals surface area contributed by atoms with E-state index in [1.54, 1.807) is 0 Å². The molecule has 1 saturated carbocycles. The number of nitrogens with one attached hydrogen (secondary N) is 2. The number of hydrogen-bond acceptors (Lipinski definition) is 2. The molecule has 3 nitrogen and oxygen atoms in total. The van der Waals surface area contributed by atoms with Gasteiger partial charge in [-0.25, -0.2) is 0 Å². The van der Waals surface area contributed by atoms with Crippen LogP contribution in [0.1, 0.15) is 26.2 Å². The molecule has 1 amide bonds. The van der Waals surface area contributed by atoms with E-state index in [0.29, 0.717) is 12.6 Å². The lowest BCUT2D eigenvalue weighted by Gasteiger charge is -2.13. The van der Waals surface area contributed by atoms with Crippen LogP contribution in [0.4, 0.5) is 5.69 Å². The van der Waals surface area contributed by atoms with Crippen molar-refractivity contribution in [2.75, 3.05) is 11.9 Å². The van der Waals surface area contributed by atoms with Crippen molar-refractivity contribution in [3.63, 3.8) is 0 Å². The molecule has 2 N–H and O–H groups in total. The van der Waals surface area contributed by atoms with E-state index in [-0.39, 0.29) is 5.91 Å². The fourth-order valence-electron chi connectivity index (χ4n) is 1.98. The van der Waals surface area contributed by atoms with E-state index in [2.05, 4.69) is 33.5 Å². The maximum absolute atomic E-state index is 11.7. The topological polar surface area (TPSA) is 41.1 Å². The molecule has 1 atom stereocenters. The van der Waals surface area contributed by atoms with Crippen LogP contribution in [0.2, 0.25) is 0 Å². The van der Waals surface area contributed by atoms with Gasteiger partial charge in [-0.15, -0.1) is 0 Å². The molecule has 1 aliphatic rings. The Labute approximate surface area is 116 Å². The number of hydrogen-bond donors (Lipinski definition) is 2. The average molecular weight is 311 g/mol. The van der Waals surface area contributed by atoms with Crippen molar-refractivity contribution in [2.24, 2.45) is 5.92 Å².